The van der Waals surface area contributed by atoms with Gasteiger partial charge in [-0.25, -0.2) is 9.37 Å². The van der Waals surface area contributed by atoms with Crippen LogP contribution in [0.25, 0.3) is 16.8 Å². The van der Waals surface area contributed by atoms with Gasteiger partial charge in [0.25, 0.3) is 0 Å². The Balaban J connectivity index is 1.86. The molecule has 0 bridgehead atoms. The molecule has 0 aliphatic heterocycles. The number of hydrogen-bond acceptors (Lipinski definition) is 5. The first kappa shape index (κ1) is 26.4. The maximum absolute atomic E-state index is 14.2. The molecule has 3 rings (SSSR count). The fourth-order valence-corrected chi connectivity index (χ4v) is 4.09. The standard InChI is InChI=1S/C28H37FN4O2/c1-5-6-7-22(19-34)25(20(2)31-4)13-15-35-27-16-23(29)9-10-26(27)21-8-11-28-32-17-24(12-14-30-3)33(28)18-21/h7-11,16-18,30-31,34H,5-6,12-15,19H2,1-4H3/b22-7+,25-20-. The van der Waals surface area contributed by atoms with E-state index in [1.54, 1.807) is 6.07 Å². The Morgan fingerprint density at radius 1 is 1.23 bits per heavy atom. The Bertz CT molecular complexity index is 1180. The van der Waals surface area contributed by atoms with Gasteiger partial charge < -0.3 is 24.9 Å². The molecule has 7 heteroatoms. The SMILES string of the molecule is CCC/C=C(CO)/C(CCOc1cc(F)ccc1-c1ccc2ncc(CCNC)n2c1)=C(/C)NC. The van der Waals surface area contributed by atoms with Crippen LogP contribution in [0, 0.1) is 5.82 Å². The summed E-state index contributed by atoms with van der Waals surface area (Å²) >= 11 is 0. The van der Waals surface area contributed by atoms with E-state index in [2.05, 4.69) is 33.0 Å². The number of halogens is 1. The fraction of sp³-hybridized carbons (Fsp3) is 0.393. The number of nitrogens with zero attached hydrogens (tertiary/aromatic N) is 2. The van der Waals surface area contributed by atoms with Crippen molar-refractivity contribution in [2.45, 2.75) is 39.5 Å². The van der Waals surface area contributed by atoms with E-state index >= 15 is 0 Å². The van der Waals surface area contributed by atoms with Crippen LogP contribution in [0.15, 0.2) is 65.6 Å². The maximum Gasteiger partial charge on any atom is 0.136 e. The summed E-state index contributed by atoms with van der Waals surface area (Å²) in [5.41, 5.74) is 6.64. The van der Waals surface area contributed by atoms with Crippen molar-refractivity contribution in [3.8, 4) is 16.9 Å². The molecular weight excluding hydrogens is 443 g/mol. The number of pyridine rings is 1. The molecule has 35 heavy (non-hydrogen) atoms. The van der Waals surface area contributed by atoms with Crippen molar-refractivity contribution in [1.29, 1.82) is 0 Å². The number of ether oxygens (including phenoxy) is 1. The van der Waals surface area contributed by atoms with Crippen molar-refractivity contribution in [2.24, 2.45) is 0 Å². The van der Waals surface area contributed by atoms with Crippen molar-refractivity contribution >= 4 is 5.65 Å². The van der Waals surface area contributed by atoms with E-state index in [-0.39, 0.29) is 12.4 Å². The average Bonchev–Trinajstić information content (AvgIpc) is 3.28. The van der Waals surface area contributed by atoms with E-state index in [0.29, 0.717) is 18.8 Å². The van der Waals surface area contributed by atoms with E-state index in [1.165, 1.54) is 12.1 Å². The van der Waals surface area contributed by atoms with Crippen LogP contribution in [0.2, 0.25) is 0 Å². The summed E-state index contributed by atoms with van der Waals surface area (Å²) in [5, 5.41) is 16.3. The van der Waals surface area contributed by atoms with Gasteiger partial charge in [0.2, 0.25) is 0 Å². The third kappa shape index (κ3) is 6.71. The number of aliphatic hydroxyl groups excluding tert-OH is 1. The highest BCUT2D eigenvalue weighted by atomic mass is 19.1. The topological polar surface area (TPSA) is 70.8 Å². The zero-order chi connectivity index (χ0) is 25.2. The number of likely N-dealkylation sites (N-methyl/N-ethyl adjacent to an activating group) is 1. The summed E-state index contributed by atoms with van der Waals surface area (Å²) in [6.45, 7) is 5.28. The van der Waals surface area contributed by atoms with Crippen molar-refractivity contribution in [3.63, 3.8) is 0 Å². The quantitative estimate of drug-likeness (QED) is 0.304. The van der Waals surface area contributed by atoms with Crippen LogP contribution < -0.4 is 15.4 Å². The van der Waals surface area contributed by atoms with Gasteiger partial charge in [0.15, 0.2) is 0 Å². The highest BCUT2D eigenvalue weighted by molar-refractivity contribution is 5.71. The fourth-order valence-electron chi connectivity index (χ4n) is 4.09. The molecule has 3 N–H and O–H groups in total. The summed E-state index contributed by atoms with van der Waals surface area (Å²) in [7, 11) is 3.80. The third-order valence-electron chi connectivity index (χ3n) is 6.14. The predicted molar refractivity (Wildman–Crippen MR) is 140 cm³/mol. The van der Waals surface area contributed by atoms with Gasteiger partial charge in [0.1, 0.15) is 17.2 Å². The van der Waals surface area contributed by atoms with Crippen molar-refractivity contribution in [1.82, 2.24) is 20.0 Å². The molecule has 0 fully saturated rings. The molecule has 2 aromatic heterocycles. The number of nitrogens with one attached hydrogen (secondary N) is 2. The van der Waals surface area contributed by atoms with Gasteiger partial charge in [-0.3, -0.25) is 0 Å². The number of hydrogen-bond donors (Lipinski definition) is 3. The molecule has 0 saturated heterocycles. The molecule has 6 nitrogen and oxygen atoms in total. The normalized spacial score (nSPS) is 12.7. The number of allylic oxidation sites excluding steroid dienone is 2. The lowest BCUT2D eigenvalue weighted by Crippen LogP contribution is -2.12. The van der Waals surface area contributed by atoms with Gasteiger partial charge in [0, 0.05) is 67.4 Å². The lowest BCUT2D eigenvalue weighted by molar-refractivity contribution is 0.313. The third-order valence-corrected chi connectivity index (χ3v) is 6.14. The highest BCUT2D eigenvalue weighted by Crippen LogP contribution is 2.32. The van der Waals surface area contributed by atoms with Gasteiger partial charge in [-0.1, -0.05) is 19.4 Å². The molecule has 1 aromatic carbocycles. The molecule has 0 aliphatic carbocycles. The summed E-state index contributed by atoms with van der Waals surface area (Å²) in [6, 6.07) is 8.60. The number of aliphatic hydroxyl groups is 1. The molecule has 0 spiro atoms. The second kappa shape index (κ2) is 13.1. The zero-order valence-electron chi connectivity index (χ0n) is 21.2. The Morgan fingerprint density at radius 2 is 2.06 bits per heavy atom. The van der Waals surface area contributed by atoms with Crippen LogP contribution in [0.5, 0.6) is 5.75 Å². The number of aromatic nitrogens is 2. The molecule has 0 amide bonds. The minimum atomic E-state index is -0.344. The lowest BCUT2D eigenvalue weighted by Gasteiger charge is -2.17. The van der Waals surface area contributed by atoms with E-state index in [4.69, 9.17) is 4.74 Å². The van der Waals surface area contributed by atoms with Crippen LogP contribution in [-0.4, -0.2) is 48.3 Å². The number of benzene rings is 1. The summed E-state index contributed by atoms with van der Waals surface area (Å²) in [5.74, 6) is 0.147. The number of fused-ring (bicyclic) bond motifs is 1. The molecule has 2 heterocycles. The van der Waals surface area contributed by atoms with Crippen molar-refractivity contribution in [3.05, 3.63) is 77.2 Å². The van der Waals surface area contributed by atoms with Gasteiger partial charge in [-0.2, -0.15) is 0 Å². The maximum atomic E-state index is 14.2. The van der Waals surface area contributed by atoms with Crippen molar-refractivity contribution < 1.29 is 14.2 Å². The minimum absolute atomic E-state index is 0.0274. The summed E-state index contributed by atoms with van der Waals surface area (Å²) < 4.78 is 22.4. The molecule has 3 aromatic rings. The zero-order valence-corrected chi connectivity index (χ0v) is 21.2. The van der Waals surface area contributed by atoms with Crippen LogP contribution >= 0.6 is 0 Å². The molecule has 0 saturated carbocycles. The minimum Gasteiger partial charge on any atom is -0.492 e. The molecule has 0 atom stereocenters. The van der Waals surface area contributed by atoms with Gasteiger partial charge in [-0.15, -0.1) is 0 Å². The first-order chi connectivity index (χ1) is 17.0. The van der Waals surface area contributed by atoms with Gasteiger partial charge in [0.05, 0.1) is 13.2 Å². The molecular formula is C28H37FN4O2. The van der Waals surface area contributed by atoms with Crippen LogP contribution in [-0.2, 0) is 6.42 Å². The molecule has 188 valence electrons. The Hall–Kier alpha value is -3.16. The summed E-state index contributed by atoms with van der Waals surface area (Å²) in [6.07, 6.45) is 9.35. The Labute approximate surface area is 207 Å². The Morgan fingerprint density at radius 3 is 2.77 bits per heavy atom. The Kier molecular flexibility index (Phi) is 9.87. The van der Waals surface area contributed by atoms with E-state index in [1.807, 2.05) is 45.5 Å². The van der Waals surface area contributed by atoms with E-state index < -0.39 is 0 Å². The highest BCUT2D eigenvalue weighted by Gasteiger charge is 2.13. The predicted octanol–water partition coefficient (Wildman–Crippen LogP) is 4.88. The first-order valence-corrected chi connectivity index (χ1v) is 12.2. The smallest absolute Gasteiger partial charge is 0.136 e. The average molecular weight is 481 g/mol. The number of unbranched alkanes of at least 4 members (excludes halogenated alkanes) is 1. The lowest BCUT2D eigenvalue weighted by atomic mass is 10.00. The largest absolute Gasteiger partial charge is 0.492 e. The monoisotopic (exact) mass is 480 g/mol. The van der Waals surface area contributed by atoms with Gasteiger partial charge in [-0.05, 0) is 55.8 Å². The first-order valence-electron chi connectivity index (χ1n) is 12.2. The molecule has 0 radical (unpaired) electrons. The molecule has 0 aliphatic rings. The second-order valence-corrected chi connectivity index (χ2v) is 8.52. The van der Waals surface area contributed by atoms with Crippen LogP contribution in [0.4, 0.5) is 4.39 Å². The number of imidazole rings is 1. The van der Waals surface area contributed by atoms with Crippen LogP contribution in [0.1, 0.15) is 38.8 Å². The van der Waals surface area contributed by atoms with Gasteiger partial charge >= 0.3 is 0 Å². The van der Waals surface area contributed by atoms with E-state index in [9.17, 15) is 9.50 Å². The van der Waals surface area contributed by atoms with Crippen LogP contribution in [0.3, 0.4) is 0 Å². The second-order valence-electron chi connectivity index (χ2n) is 8.52. The summed E-state index contributed by atoms with van der Waals surface area (Å²) in [4.78, 5) is 4.49. The number of rotatable bonds is 13. The van der Waals surface area contributed by atoms with Crippen molar-refractivity contribution in [2.75, 3.05) is 33.9 Å². The van der Waals surface area contributed by atoms with E-state index in [0.717, 1.165) is 65.1 Å². The molecule has 0 unspecified atom stereocenters.